The molecule has 0 aromatic rings. The molecule has 0 aromatic carbocycles. The number of fused-ring (bicyclic) bond motifs is 10. The maximum Gasteiger partial charge on any atom is 0.190 e. The van der Waals surface area contributed by atoms with Crippen molar-refractivity contribution in [1.29, 1.82) is 0 Å². The van der Waals surface area contributed by atoms with Crippen molar-refractivity contribution < 1.29 is 30.0 Å². The van der Waals surface area contributed by atoms with Crippen molar-refractivity contribution in [2.24, 2.45) is 74.9 Å². The van der Waals surface area contributed by atoms with E-state index >= 15 is 0 Å². The lowest BCUT2D eigenvalue weighted by molar-refractivity contribution is -0.182. The minimum Gasteiger partial charge on any atom is -0.393 e. The molecule has 8 aliphatic carbocycles. The first-order valence-electron chi connectivity index (χ1n) is 22.6. The highest BCUT2D eigenvalue weighted by Gasteiger charge is 2.68. The third kappa shape index (κ3) is 6.41. The smallest absolute Gasteiger partial charge is 0.190 e. The molecule has 0 saturated heterocycles. The van der Waals surface area contributed by atoms with Crippen molar-refractivity contribution in [3.8, 4) is 0 Å². The van der Waals surface area contributed by atoms with Crippen molar-refractivity contribution in [1.82, 2.24) is 0 Å². The predicted octanol–water partition coefficient (Wildman–Crippen LogP) is 9.17. The van der Waals surface area contributed by atoms with Crippen LogP contribution >= 0.6 is 0 Å². The van der Waals surface area contributed by atoms with Gasteiger partial charge < -0.3 is 20.4 Å². The van der Waals surface area contributed by atoms with Crippen molar-refractivity contribution in [2.45, 2.75) is 182 Å². The molecule has 15 atom stereocenters. The minimum atomic E-state index is -1.54. The van der Waals surface area contributed by atoms with E-state index in [2.05, 4.69) is 47.6 Å². The molecule has 6 saturated carbocycles. The number of hydrogen-bond acceptors (Lipinski definition) is 6. The Kier molecular flexibility index (Phi) is 11.2. The van der Waals surface area contributed by atoms with Crippen LogP contribution in [0.2, 0.25) is 0 Å². The number of carbonyl (C=O) groups excluding carboxylic acids is 2. The molecule has 0 heterocycles. The summed E-state index contributed by atoms with van der Waals surface area (Å²) in [5.74, 6) is 5.60. The summed E-state index contributed by atoms with van der Waals surface area (Å²) >= 11 is 0. The van der Waals surface area contributed by atoms with E-state index in [-0.39, 0.29) is 35.1 Å². The van der Waals surface area contributed by atoms with Crippen LogP contribution in [0.1, 0.15) is 164 Å². The Morgan fingerprint density at radius 3 is 2.28 bits per heavy atom. The van der Waals surface area contributed by atoms with Crippen LogP contribution in [0.3, 0.4) is 0 Å². The average Bonchev–Trinajstić information content (AvgIpc) is 3.61. The van der Waals surface area contributed by atoms with Gasteiger partial charge >= 0.3 is 0 Å². The second kappa shape index (κ2) is 14.8. The topological polar surface area (TPSA) is 115 Å². The highest BCUT2D eigenvalue weighted by atomic mass is 16.3. The first kappa shape index (κ1) is 40.8. The van der Waals surface area contributed by atoms with Gasteiger partial charge in [-0.1, -0.05) is 85.0 Å². The van der Waals surface area contributed by atoms with E-state index in [0.717, 1.165) is 74.0 Å². The van der Waals surface area contributed by atoms with Crippen molar-refractivity contribution in [2.75, 3.05) is 6.61 Å². The van der Waals surface area contributed by atoms with Gasteiger partial charge in [0, 0.05) is 11.8 Å². The monoisotopic (exact) mass is 749 g/mol. The maximum atomic E-state index is 12.4. The number of rotatable bonds is 7. The molecule has 6 heteroatoms. The molecule has 0 aromatic heterocycles. The molecule has 0 spiro atoms. The zero-order valence-corrected chi connectivity index (χ0v) is 35.0. The number of ketones is 2. The summed E-state index contributed by atoms with van der Waals surface area (Å²) in [4.78, 5) is 24.3. The van der Waals surface area contributed by atoms with Crippen molar-refractivity contribution >= 4 is 11.6 Å². The van der Waals surface area contributed by atoms with Gasteiger partial charge in [0.2, 0.25) is 0 Å². The Hall–Kier alpha value is -1.34. The molecule has 8 rings (SSSR count). The predicted molar refractivity (Wildman–Crippen MR) is 214 cm³/mol. The second-order valence-corrected chi connectivity index (χ2v) is 21.7. The van der Waals surface area contributed by atoms with E-state index < -0.39 is 29.5 Å². The first-order chi connectivity index (χ1) is 25.4. The summed E-state index contributed by atoms with van der Waals surface area (Å²) in [7, 11) is 0. The van der Waals surface area contributed by atoms with E-state index in [4.69, 9.17) is 0 Å². The van der Waals surface area contributed by atoms with Crippen LogP contribution in [0.5, 0.6) is 0 Å². The third-order valence-corrected chi connectivity index (χ3v) is 18.9. The van der Waals surface area contributed by atoms with Gasteiger partial charge in [-0.25, -0.2) is 0 Å². The van der Waals surface area contributed by atoms with Crippen LogP contribution in [-0.4, -0.2) is 56.4 Å². The van der Waals surface area contributed by atoms with Crippen LogP contribution in [0, 0.1) is 74.9 Å². The van der Waals surface area contributed by atoms with Gasteiger partial charge in [0.25, 0.3) is 0 Å². The van der Waals surface area contributed by atoms with E-state index in [9.17, 15) is 30.0 Å². The highest BCUT2D eigenvalue weighted by molar-refractivity contribution is 5.91. The number of Topliss-reactive ketones (excluding diaryl/α,β-unsaturated/α-hetero) is 1. The van der Waals surface area contributed by atoms with E-state index in [1.165, 1.54) is 63.4 Å². The number of aliphatic hydroxyl groups excluding tert-OH is 3. The first-order valence-corrected chi connectivity index (χ1v) is 22.6. The molecule has 6 fully saturated rings. The maximum absolute atomic E-state index is 12.4. The normalized spacial score (nSPS) is 48.4. The Balaban J connectivity index is 0.000000167. The third-order valence-electron chi connectivity index (χ3n) is 18.9. The summed E-state index contributed by atoms with van der Waals surface area (Å²) in [5.41, 5.74) is 1.37. The fraction of sp³-hybridized carbons (Fsp3) is 0.875. The zero-order valence-electron chi connectivity index (χ0n) is 35.0. The molecular weight excluding hydrogens is 673 g/mol. The number of allylic oxidation sites excluding steroid dienone is 2. The Morgan fingerprint density at radius 2 is 1.56 bits per heavy atom. The van der Waals surface area contributed by atoms with Gasteiger partial charge in [-0.3, -0.25) is 9.59 Å². The standard InChI is InChI=1S/C27H46O.C21H30O5/c1-18(2)7-6-8-19(3)23-11-12-24-22-10-9-20-17-21(28)13-15-26(20,4)25(22)14-16-27(23,24)5;1-19-7-5-13(23)9-12(19)3-4-14-15-6-8-21(26,17(25)11-22)20(15,2)10-16(24)18(14)19/h9,18-19,21-25,28H,6-8,10-17H2,1-5H3;9,14-16,18,22,24,26H,3-8,10-11H2,1-2H3/t19-,21+,22+,23-,24+,25+,26+,27-;14-,15-,16-,18+,19-,20-,21-/m10/s1. The largest absolute Gasteiger partial charge is 0.393 e. The van der Waals surface area contributed by atoms with Crippen LogP contribution < -0.4 is 0 Å². The molecule has 8 aliphatic rings. The minimum absolute atomic E-state index is 0.0697. The van der Waals surface area contributed by atoms with Crippen molar-refractivity contribution in [3.05, 3.63) is 23.3 Å². The fourth-order valence-electron chi connectivity index (χ4n) is 15.9. The number of hydrogen-bond donors (Lipinski definition) is 4. The lowest BCUT2D eigenvalue weighted by Gasteiger charge is -2.60. The van der Waals surface area contributed by atoms with E-state index in [1.807, 2.05) is 6.92 Å². The molecule has 54 heavy (non-hydrogen) atoms. The number of aliphatic hydroxyl groups is 4. The van der Waals surface area contributed by atoms with Crippen molar-refractivity contribution in [3.63, 3.8) is 0 Å². The molecular formula is C48H76O6. The lowest BCUT2D eigenvalue weighted by atomic mass is 9.45. The molecule has 0 radical (unpaired) electrons. The van der Waals surface area contributed by atoms with Gasteiger partial charge in [0.1, 0.15) is 12.2 Å². The van der Waals surface area contributed by atoms with Gasteiger partial charge in [0.05, 0.1) is 12.2 Å². The number of carbonyl (C=O) groups is 2. The van der Waals surface area contributed by atoms with E-state index in [0.29, 0.717) is 30.1 Å². The zero-order chi connectivity index (χ0) is 39.0. The summed E-state index contributed by atoms with van der Waals surface area (Å²) in [6.45, 7) is 16.0. The Bertz CT molecular complexity index is 1500. The Labute approximate surface area is 327 Å². The van der Waals surface area contributed by atoms with Gasteiger partial charge in [-0.05, 0) is 165 Å². The molecule has 304 valence electrons. The highest BCUT2D eigenvalue weighted by Crippen LogP contribution is 2.69. The molecule has 0 unspecified atom stereocenters. The Morgan fingerprint density at radius 1 is 0.815 bits per heavy atom. The SMILES string of the molecule is CC(C)CCC[C@@H](C)[C@H]1CC[C@H]2[C@@H]3CC=C4C[C@@H](O)CC[C@]4(C)[C@H]3CC[C@]12C.C[C@]12CCC(=O)C=C1CC[C@@H]1[C@@H]2[C@@H](O)C[C@@]2(C)[C@H]1CC[C@]2(O)C(=O)CO. The van der Waals surface area contributed by atoms with Crippen LogP contribution in [0.15, 0.2) is 23.3 Å². The second-order valence-electron chi connectivity index (χ2n) is 21.7. The van der Waals surface area contributed by atoms with E-state index in [1.54, 1.807) is 11.6 Å². The van der Waals surface area contributed by atoms with Gasteiger partial charge in [-0.15, -0.1) is 0 Å². The van der Waals surface area contributed by atoms with Gasteiger partial charge in [0.15, 0.2) is 11.6 Å². The van der Waals surface area contributed by atoms with Gasteiger partial charge in [-0.2, -0.15) is 0 Å². The van der Waals surface area contributed by atoms with Crippen LogP contribution in [0.4, 0.5) is 0 Å². The summed E-state index contributed by atoms with van der Waals surface area (Å²) in [6.07, 6.45) is 22.9. The summed E-state index contributed by atoms with van der Waals surface area (Å²) in [6, 6.07) is 0. The molecule has 6 nitrogen and oxygen atoms in total. The summed E-state index contributed by atoms with van der Waals surface area (Å²) < 4.78 is 0. The quantitative estimate of drug-likeness (QED) is 0.193. The van der Waals surface area contributed by atoms with Crippen LogP contribution in [0.25, 0.3) is 0 Å². The lowest BCUT2D eigenvalue weighted by Crippen LogP contribution is -2.62. The molecule has 4 N–H and O–H groups in total. The fourth-order valence-corrected chi connectivity index (χ4v) is 15.9. The molecule has 0 bridgehead atoms. The van der Waals surface area contributed by atoms with Crippen LogP contribution in [-0.2, 0) is 9.59 Å². The molecule has 0 amide bonds. The molecule has 0 aliphatic heterocycles. The summed E-state index contributed by atoms with van der Waals surface area (Å²) in [5, 5.41) is 41.9. The average molecular weight is 749 g/mol.